The number of hydrogen-bond donors (Lipinski definition) is 2. The van der Waals surface area contributed by atoms with Crippen LogP contribution in [0.4, 0.5) is 0 Å². The van der Waals surface area contributed by atoms with Crippen LogP contribution < -0.4 is 10.1 Å². The number of halogens is 2. The van der Waals surface area contributed by atoms with Gasteiger partial charge in [-0.15, -0.1) is 0 Å². The van der Waals surface area contributed by atoms with Crippen molar-refractivity contribution in [1.82, 2.24) is 5.32 Å². The van der Waals surface area contributed by atoms with Gasteiger partial charge < -0.3 is 19.9 Å². The van der Waals surface area contributed by atoms with Crippen molar-refractivity contribution in [1.29, 1.82) is 0 Å². The van der Waals surface area contributed by atoms with Crippen LogP contribution in [0, 0.1) is 0 Å². The molecule has 2 N–H and O–H groups in total. The highest BCUT2D eigenvalue weighted by Crippen LogP contribution is 2.34. The highest BCUT2D eigenvalue weighted by Gasteiger charge is 2.07. The van der Waals surface area contributed by atoms with Gasteiger partial charge in [0.15, 0.2) is 0 Å². The summed E-state index contributed by atoms with van der Waals surface area (Å²) in [5, 5.41) is 11.8. The van der Waals surface area contributed by atoms with Crippen molar-refractivity contribution in [2.45, 2.75) is 6.54 Å². The molecular weight excluding hydrogens is 366 g/mol. The van der Waals surface area contributed by atoms with Crippen molar-refractivity contribution in [3.63, 3.8) is 0 Å². The van der Waals surface area contributed by atoms with E-state index in [4.69, 9.17) is 14.6 Å². The largest absolute Gasteiger partial charge is 0.494 e. The number of ether oxygens (including phenoxy) is 2. The Labute approximate surface area is 124 Å². The van der Waals surface area contributed by atoms with Gasteiger partial charge in [-0.2, -0.15) is 0 Å². The van der Waals surface area contributed by atoms with E-state index in [-0.39, 0.29) is 6.61 Å². The third kappa shape index (κ3) is 5.24. The molecule has 0 saturated carbocycles. The van der Waals surface area contributed by atoms with Crippen molar-refractivity contribution in [3.8, 4) is 5.75 Å². The minimum atomic E-state index is 0.0678. The number of hydrogen-bond acceptors (Lipinski definition) is 4. The topological polar surface area (TPSA) is 50.7 Å². The average molecular weight is 383 g/mol. The Morgan fingerprint density at radius 1 is 1.22 bits per heavy atom. The number of rotatable bonds is 8. The van der Waals surface area contributed by atoms with Gasteiger partial charge in [0.2, 0.25) is 0 Å². The second-order valence-electron chi connectivity index (χ2n) is 3.61. The van der Waals surface area contributed by atoms with Crippen molar-refractivity contribution in [2.75, 3.05) is 33.5 Å². The van der Waals surface area contributed by atoms with Gasteiger partial charge in [-0.25, -0.2) is 0 Å². The van der Waals surface area contributed by atoms with Gasteiger partial charge in [-0.3, -0.25) is 0 Å². The van der Waals surface area contributed by atoms with Crippen molar-refractivity contribution in [3.05, 3.63) is 26.6 Å². The van der Waals surface area contributed by atoms with Crippen molar-refractivity contribution < 1.29 is 14.6 Å². The van der Waals surface area contributed by atoms with E-state index in [1.165, 1.54) is 0 Å². The van der Waals surface area contributed by atoms with Crippen LogP contribution in [0.3, 0.4) is 0 Å². The zero-order valence-corrected chi connectivity index (χ0v) is 13.4. The lowest BCUT2D eigenvalue weighted by atomic mass is 10.2. The summed E-state index contributed by atoms with van der Waals surface area (Å²) in [7, 11) is 1.64. The summed E-state index contributed by atoms with van der Waals surface area (Å²) >= 11 is 6.93. The fraction of sp³-hybridized carbons (Fsp3) is 0.500. The molecule has 0 aliphatic rings. The number of nitrogens with one attached hydrogen (secondary N) is 1. The summed E-state index contributed by atoms with van der Waals surface area (Å²) in [6.45, 7) is 2.56. The molecule has 1 aromatic carbocycles. The molecule has 4 nitrogen and oxygen atoms in total. The first-order chi connectivity index (χ1) is 8.69. The molecule has 0 atom stereocenters. The quantitative estimate of drug-likeness (QED) is 0.677. The molecule has 18 heavy (non-hydrogen) atoms. The molecule has 0 aliphatic carbocycles. The SMILES string of the molecule is COc1c(Br)cc(CNCCOCCO)cc1Br. The van der Waals surface area contributed by atoms with E-state index in [1.54, 1.807) is 7.11 Å². The van der Waals surface area contributed by atoms with E-state index in [2.05, 4.69) is 37.2 Å². The van der Waals surface area contributed by atoms with E-state index in [1.807, 2.05) is 12.1 Å². The zero-order chi connectivity index (χ0) is 13.4. The summed E-state index contributed by atoms with van der Waals surface area (Å²) in [6, 6.07) is 4.04. The third-order valence-electron chi connectivity index (χ3n) is 2.25. The van der Waals surface area contributed by atoms with Crippen molar-refractivity contribution in [2.24, 2.45) is 0 Å². The molecule has 0 heterocycles. The Morgan fingerprint density at radius 2 is 1.89 bits per heavy atom. The van der Waals surface area contributed by atoms with Gasteiger partial charge in [-0.1, -0.05) is 0 Å². The normalized spacial score (nSPS) is 10.7. The highest BCUT2D eigenvalue weighted by molar-refractivity contribution is 9.11. The maximum Gasteiger partial charge on any atom is 0.147 e. The number of benzene rings is 1. The molecule has 0 bridgehead atoms. The maximum atomic E-state index is 8.54. The van der Waals surface area contributed by atoms with Crippen LogP contribution in [0.1, 0.15) is 5.56 Å². The number of aliphatic hydroxyl groups excluding tert-OH is 1. The highest BCUT2D eigenvalue weighted by atomic mass is 79.9. The standard InChI is InChI=1S/C12H17Br2NO3/c1-17-12-10(13)6-9(7-11(12)14)8-15-2-4-18-5-3-16/h6-7,15-16H,2-5,8H2,1H3. The minimum Gasteiger partial charge on any atom is -0.494 e. The number of aliphatic hydroxyl groups is 1. The fourth-order valence-electron chi connectivity index (χ4n) is 1.45. The smallest absolute Gasteiger partial charge is 0.147 e. The van der Waals surface area contributed by atoms with E-state index in [0.717, 1.165) is 33.3 Å². The predicted molar refractivity (Wildman–Crippen MR) is 78.0 cm³/mol. The Balaban J connectivity index is 2.39. The first-order valence-corrected chi connectivity index (χ1v) is 7.19. The molecule has 0 radical (unpaired) electrons. The molecule has 0 spiro atoms. The van der Waals surface area contributed by atoms with Crippen LogP contribution in [-0.2, 0) is 11.3 Å². The van der Waals surface area contributed by atoms with Crippen LogP contribution in [0.15, 0.2) is 21.1 Å². The molecule has 0 aromatic heterocycles. The first kappa shape index (κ1) is 15.9. The lowest BCUT2D eigenvalue weighted by Crippen LogP contribution is -2.20. The fourth-order valence-corrected chi connectivity index (χ4v) is 3.06. The van der Waals surface area contributed by atoms with Gasteiger partial charge in [-0.05, 0) is 49.6 Å². The molecule has 102 valence electrons. The molecular formula is C12H17Br2NO3. The second kappa shape index (κ2) is 8.87. The van der Waals surface area contributed by atoms with E-state index in [0.29, 0.717) is 13.2 Å². The molecule has 0 aliphatic heterocycles. The van der Waals surface area contributed by atoms with Gasteiger partial charge in [0, 0.05) is 13.1 Å². The summed E-state index contributed by atoms with van der Waals surface area (Å²) in [4.78, 5) is 0. The molecule has 1 aromatic rings. The first-order valence-electron chi connectivity index (χ1n) is 5.60. The van der Waals surface area contributed by atoms with Crippen LogP contribution in [-0.4, -0.2) is 38.6 Å². The van der Waals surface area contributed by atoms with Gasteiger partial charge in [0.05, 0.1) is 35.9 Å². The summed E-state index contributed by atoms with van der Waals surface area (Å²) in [5.74, 6) is 0.796. The summed E-state index contributed by atoms with van der Waals surface area (Å²) in [6.07, 6.45) is 0. The van der Waals surface area contributed by atoms with Gasteiger partial charge in [0.1, 0.15) is 5.75 Å². The van der Waals surface area contributed by atoms with E-state index in [9.17, 15) is 0 Å². The third-order valence-corrected chi connectivity index (χ3v) is 3.43. The van der Waals surface area contributed by atoms with E-state index >= 15 is 0 Å². The van der Waals surface area contributed by atoms with Gasteiger partial charge in [0.25, 0.3) is 0 Å². The van der Waals surface area contributed by atoms with Crippen LogP contribution >= 0.6 is 31.9 Å². The lowest BCUT2D eigenvalue weighted by Gasteiger charge is -2.10. The molecule has 0 amide bonds. The monoisotopic (exact) mass is 381 g/mol. The molecule has 1 rings (SSSR count). The zero-order valence-electron chi connectivity index (χ0n) is 10.2. The average Bonchev–Trinajstić information content (AvgIpc) is 2.33. The molecule has 0 unspecified atom stereocenters. The van der Waals surface area contributed by atoms with Crippen molar-refractivity contribution >= 4 is 31.9 Å². The lowest BCUT2D eigenvalue weighted by molar-refractivity contribution is 0.0938. The number of methoxy groups -OCH3 is 1. The van der Waals surface area contributed by atoms with Crippen LogP contribution in [0.5, 0.6) is 5.75 Å². The Morgan fingerprint density at radius 3 is 2.44 bits per heavy atom. The van der Waals surface area contributed by atoms with Crippen LogP contribution in [0.2, 0.25) is 0 Å². The molecule has 0 fully saturated rings. The second-order valence-corrected chi connectivity index (χ2v) is 5.31. The minimum absolute atomic E-state index is 0.0678. The molecule has 0 saturated heterocycles. The molecule has 6 heteroatoms. The summed E-state index contributed by atoms with van der Waals surface area (Å²) < 4.78 is 12.2. The van der Waals surface area contributed by atoms with E-state index < -0.39 is 0 Å². The Kier molecular flexibility index (Phi) is 7.85. The van der Waals surface area contributed by atoms with Crippen LogP contribution in [0.25, 0.3) is 0 Å². The maximum absolute atomic E-state index is 8.54. The predicted octanol–water partition coefficient (Wildman–Crippen LogP) is 2.32. The summed E-state index contributed by atoms with van der Waals surface area (Å²) in [5.41, 5.74) is 1.15. The Hall–Kier alpha value is -0.140. The van der Waals surface area contributed by atoms with Gasteiger partial charge >= 0.3 is 0 Å². The Bertz CT molecular complexity index is 351.